The molecular formula is C19H21F2N5S. The van der Waals surface area contributed by atoms with Crippen molar-refractivity contribution in [2.24, 2.45) is 10.8 Å². The van der Waals surface area contributed by atoms with Crippen LogP contribution in [0, 0.1) is 11.6 Å². The van der Waals surface area contributed by atoms with Gasteiger partial charge in [-0.05, 0) is 30.9 Å². The van der Waals surface area contributed by atoms with Gasteiger partial charge < -0.3 is 10.6 Å². The molecule has 0 bridgehead atoms. The Labute approximate surface area is 162 Å². The number of halogens is 2. The Bertz CT molecular complexity index is 843. The van der Waals surface area contributed by atoms with E-state index in [0.717, 1.165) is 24.4 Å². The molecule has 1 atom stereocenters. The van der Waals surface area contributed by atoms with Crippen molar-refractivity contribution in [3.05, 3.63) is 65.2 Å². The molecule has 0 spiro atoms. The number of nitrogens with zero attached hydrogens (tertiary/aromatic N) is 3. The second-order valence-corrected chi connectivity index (χ2v) is 6.85. The van der Waals surface area contributed by atoms with E-state index >= 15 is 0 Å². The maximum Gasteiger partial charge on any atom is 0.184 e. The van der Waals surface area contributed by atoms with E-state index in [0.29, 0.717) is 13.1 Å². The van der Waals surface area contributed by atoms with E-state index in [1.807, 2.05) is 30.1 Å². The van der Waals surface area contributed by atoms with E-state index in [1.54, 1.807) is 0 Å². The summed E-state index contributed by atoms with van der Waals surface area (Å²) in [6.07, 6.45) is 1.15. The highest BCUT2D eigenvalue weighted by molar-refractivity contribution is 7.80. The molecule has 2 aromatic rings. The Morgan fingerprint density at radius 2 is 1.96 bits per heavy atom. The molecule has 3 rings (SSSR count). The second kappa shape index (κ2) is 8.41. The van der Waals surface area contributed by atoms with Crippen LogP contribution in [0.5, 0.6) is 0 Å². The van der Waals surface area contributed by atoms with E-state index in [9.17, 15) is 8.78 Å². The van der Waals surface area contributed by atoms with Gasteiger partial charge >= 0.3 is 0 Å². The van der Waals surface area contributed by atoms with Crippen LogP contribution in [0.15, 0.2) is 47.6 Å². The predicted octanol–water partition coefficient (Wildman–Crippen LogP) is 2.63. The molecule has 0 saturated carbocycles. The number of hydrogen-bond acceptors (Lipinski definition) is 4. The number of piperazine rings is 1. The first-order valence-corrected chi connectivity index (χ1v) is 8.94. The Balaban J connectivity index is 1.82. The number of nitrogens with two attached hydrogens (primary N) is 1. The first-order chi connectivity index (χ1) is 13.0. The molecule has 0 amide bonds. The minimum atomic E-state index is -0.560. The monoisotopic (exact) mass is 389 g/mol. The zero-order chi connectivity index (χ0) is 19.4. The number of rotatable bonds is 4. The number of benzene rings is 2. The summed E-state index contributed by atoms with van der Waals surface area (Å²) in [4.78, 5) is 4.10. The zero-order valence-corrected chi connectivity index (χ0v) is 15.7. The summed E-state index contributed by atoms with van der Waals surface area (Å²) in [6, 6.07) is 12.5. The van der Waals surface area contributed by atoms with Crippen LogP contribution >= 0.6 is 12.2 Å². The molecule has 0 unspecified atom stereocenters. The largest absolute Gasteiger partial charge is 0.375 e. The van der Waals surface area contributed by atoms with Gasteiger partial charge in [-0.2, -0.15) is 5.10 Å². The average molecular weight is 389 g/mol. The molecule has 8 heteroatoms. The molecule has 1 saturated heterocycles. The molecule has 5 nitrogen and oxygen atoms in total. The highest BCUT2D eigenvalue weighted by Crippen LogP contribution is 2.30. The Kier molecular flexibility index (Phi) is 5.98. The van der Waals surface area contributed by atoms with Gasteiger partial charge in [-0.3, -0.25) is 10.3 Å². The molecular weight excluding hydrogens is 368 g/mol. The number of hydrogen-bond donors (Lipinski definition) is 2. The van der Waals surface area contributed by atoms with Gasteiger partial charge in [0.15, 0.2) is 5.11 Å². The van der Waals surface area contributed by atoms with E-state index in [1.165, 1.54) is 6.07 Å². The van der Waals surface area contributed by atoms with Crippen molar-refractivity contribution in [1.29, 1.82) is 0 Å². The topological polar surface area (TPSA) is 56.9 Å². The van der Waals surface area contributed by atoms with Crippen LogP contribution in [0.4, 0.5) is 14.5 Å². The van der Waals surface area contributed by atoms with E-state index in [-0.39, 0.29) is 22.4 Å². The fourth-order valence-corrected chi connectivity index (χ4v) is 3.24. The molecule has 1 aliphatic rings. The average Bonchev–Trinajstić information content (AvgIpc) is 2.65. The van der Waals surface area contributed by atoms with Crippen molar-refractivity contribution in [2.45, 2.75) is 6.04 Å². The van der Waals surface area contributed by atoms with Crippen LogP contribution in [0.1, 0.15) is 17.2 Å². The Morgan fingerprint density at radius 1 is 1.22 bits per heavy atom. The summed E-state index contributed by atoms with van der Waals surface area (Å²) in [5, 5.41) is 3.63. The molecule has 1 fully saturated rings. The third kappa shape index (κ3) is 4.58. The highest BCUT2D eigenvalue weighted by atomic mass is 32.1. The molecule has 27 heavy (non-hydrogen) atoms. The number of nitrogens with one attached hydrogen (secondary N) is 1. The molecule has 142 valence electrons. The standard InChI is InChI=1S/C19H21F2N5S/c1-25-7-8-26(12-18(25)13-5-3-2-4-6-13)17-10-15(20)14(9-16(17)21)11-23-24-19(22)27/h2-6,9-11,18H,7-8,12H2,1H3,(H3,22,24,27)/t18-/m0/s1. The lowest BCUT2D eigenvalue weighted by Gasteiger charge is -2.41. The number of hydrazone groups is 1. The molecule has 0 radical (unpaired) electrons. The van der Waals surface area contributed by atoms with E-state index in [2.05, 4.69) is 39.8 Å². The van der Waals surface area contributed by atoms with Crippen LogP contribution in [-0.4, -0.2) is 42.9 Å². The fourth-order valence-electron chi connectivity index (χ4n) is 3.19. The first kappa shape index (κ1) is 19.2. The lowest BCUT2D eigenvalue weighted by atomic mass is 10.0. The summed E-state index contributed by atoms with van der Waals surface area (Å²) in [5.74, 6) is -1.06. The highest BCUT2D eigenvalue weighted by Gasteiger charge is 2.27. The summed E-state index contributed by atoms with van der Waals surface area (Å²) in [7, 11) is 2.04. The summed E-state index contributed by atoms with van der Waals surface area (Å²) in [5.41, 5.74) is 8.99. The van der Waals surface area contributed by atoms with Gasteiger partial charge in [-0.1, -0.05) is 30.3 Å². The van der Waals surface area contributed by atoms with Crippen molar-refractivity contribution in [1.82, 2.24) is 10.3 Å². The van der Waals surface area contributed by atoms with Crippen LogP contribution in [0.3, 0.4) is 0 Å². The Morgan fingerprint density at radius 3 is 2.67 bits per heavy atom. The smallest absolute Gasteiger partial charge is 0.184 e. The number of likely N-dealkylation sites (N-methyl/N-ethyl adjacent to an activating group) is 1. The predicted molar refractivity (Wildman–Crippen MR) is 108 cm³/mol. The van der Waals surface area contributed by atoms with Gasteiger partial charge in [-0.25, -0.2) is 8.78 Å². The lowest BCUT2D eigenvalue weighted by molar-refractivity contribution is 0.220. The molecule has 1 heterocycles. The van der Waals surface area contributed by atoms with E-state index < -0.39 is 11.6 Å². The minimum Gasteiger partial charge on any atom is -0.375 e. The zero-order valence-electron chi connectivity index (χ0n) is 14.9. The van der Waals surface area contributed by atoms with Gasteiger partial charge in [0, 0.05) is 31.3 Å². The second-order valence-electron chi connectivity index (χ2n) is 6.41. The van der Waals surface area contributed by atoms with Gasteiger partial charge in [-0.15, -0.1) is 0 Å². The third-order valence-corrected chi connectivity index (χ3v) is 4.71. The normalized spacial score (nSPS) is 18.0. The van der Waals surface area contributed by atoms with Crippen molar-refractivity contribution in [3.8, 4) is 0 Å². The number of thiocarbonyl (C=S) groups is 1. The van der Waals surface area contributed by atoms with Crippen LogP contribution < -0.4 is 16.1 Å². The Hall–Kier alpha value is -2.58. The van der Waals surface area contributed by atoms with Crippen molar-refractivity contribution in [3.63, 3.8) is 0 Å². The molecule has 2 aromatic carbocycles. The maximum absolute atomic E-state index is 14.7. The van der Waals surface area contributed by atoms with Gasteiger partial charge in [0.1, 0.15) is 11.6 Å². The van der Waals surface area contributed by atoms with Crippen molar-refractivity contribution >= 4 is 29.2 Å². The third-order valence-electron chi connectivity index (χ3n) is 4.62. The molecule has 0 aliphatic carbocycles. The van der Waals surface area contributed by atoms with Gasteiger partial charge in [0.25, 0.3) is 0 Å². The van der Waals surface area contributed by atoms with Crippen LogP contribution in [-0.2, 0) is 0 Å². The quantitative estimate of drug-likeness (QED) is 0.478. The SMILES string of the molecule is CN1CCN(c2cc(F)c(C=NNC(N)=S)cc2F)C[C@H]1c1ccccc1. The molecule has 1 aliphatic heterocycles. The van der Waals surface area contributed by atoms with E-state index in [4.69, 9.17) is 5.73 Å². The minimum absolute atomic E-state index is 0.0220. The summed E-state index contributed by atoms with van der Waals surface area (Å²) >= 11 is 4.61. The lowest BCUT2D eigenvalue weighted by Crippen LogP contribution is -2.47. The van der Waals surface area contributed by atoms with Crippen LogP contribution in [0.2, 0.25) is 0 Å². The van der Waals surface area contributed by atoms with Gasteiger partial charge in [0.05, 0.1) is 17.9 Å². The molecule has 3 N–H and O–H groups in total. The molecule has 0 aromatic heterocycles. The van der Waals surface area contributed by atoms with Crippen molar-refractivity contribution < 1.29 is 8.78 Å². The van der Waals surface area contributed by atoms with Gasteiger partial charge in [0.2, 0.25) is 0 Å². The summed E-state index contributed by atoms with van der Waals surface area (Å²) < 4.78 is 29.1. The van der Waals surface area contributed by atoms with Crippen LogP contribution in [0.25, 0.3) is 0 Å². The fraction of sp³-hybridized carbons (Fsp3) is 0.263. The summed E-state index contributed by atoms with van der Waals surface area (Å²) in [6.45, 7) is 1.95. The first-order valence-electron chi connectivity index (χ1n) is 8.53. The maximum atomic E-state index is 14.7. The number of anilines is 1. The van der Waals surface area contributed by atoms with Crippen molar-refractivity contribution in [2.75, 3.05) is 31.6 Å².